The summed E-state index contributed by atoms with van der Waals surface area (Å²) in [5.41, 5.74) is 0.146. The van der Waals surface area contributed by atoms with E-state index >= 15 is 0 Å². The van der Waals surface area contributed by atoms with Gasteiger partial charge in [-0.2, -0.15) is 13.2 Å². The smallest absolute Gasteiger partial charge is 0.371 e. The van der Waals surface area contributed by atoms with Gasteiger partial charge in [-0.25, -0.2) is 0 Å². The summed E-state index contributed by atoms with van der Waals surface area (Å²) in [6.45, 7) is 5.85. The molecule has 2 aliphatic rings. The van der Waals surface area contributed by atoms with Crippen LogP contribution >= 0.6 is 0 Å². The van der Waals surface area contributed by atoms with Crippen LogP contribution < -0.4 is 5.32 Å². The average molecular weight is 308 g/mol. The summed E-state index contributed by atoms with van der Waals surface area (Å²) < 4.78 is 41.2. The van der Waals surface area contributed by atoms with Crippen molar-refractivity contribution in [2.75, 3.05) is 32.8 Å². The summed E-state index contributed by atoms with van der Waals surface area (Å²) in [7, 11) is 0. The summed E-state index contributed by atoms with van der Waals surface area (Å²) in [6.07, 6.45) is 0.491. The highest BCUT2D eigenvalue weighted by Crippen LogP contribution is 2.37. The lowest BCUT2D eigenvalue weighted by Crippen LogP contribution is -2.65. The van der Waals surface area contributed by atoms with E-state index in [-0.39, 0.29) is 12.1 Å². The van der Waals surface area contributed by atoms with E-state index in [0.717, 1.165) is 25.9 Å². The first-order valence-corrected chi connectivity index (χ1v) is 7.95. The van der Waals surface area contributed by atoms with Crippen molar-refractivity contribution in [2.45, 2.75) is 57.3 Å². The maximum atomic E-state index is 12.1. The van der Waals surface area contributed by atoms with Gasteiger partial charge in [0.15, 0.2) is 0 Å². The SMILES string of the molecule is CC(C)C1CN(CCOCC(F)(F)F)C2(CCCC2)CN1. The Bertz CT molecular complexity index is 327. The molecule has 21 heavy (non-hydrogen) atoms. The minimum atomic E-state index is -4.23. The van der Waals surface area contributed by atoms with E-state index in [1.807, 2.05) is 0 Å². The molecule has 1 N–H and O–H groups in total. The zero-order chi connectivity index (χ0) is 15.5. The fourth-order valence-electron chi connectivity index (χ4n) is 3.59. The lowest BCUT2D eigenvalue weighted by Gasteiger charge is -2.49. The Balaban J connectivity index is 1.88. The van der Waals surface area contributed by atoms with Crippen molar-refractivity contribution in [3.8, 4) is 0 Å². The number of nitrogens with zero attached hydrogens (tertiary/aromatic N) is 1. The highest BCUT2D eigenvalue weighted by atomic mass is 19.4. The van der Waals surface area contributed by atoms with Crippen LogP contribution in [0.15, 0.2) is 0 Å². The Morgan fingerprint density at radius 2 is 1.95 bits per heavy atom. The Kier molecular flexibility index (Phi) is 5.54. The maximum Gasteiger partial charge on any atom is 0.411 e. The molecule has 1 saturated heterocycles. The van der Waals surface area contributed by atoms with E-state index in [4.69, 9.17) is 4.74 Å². The average Bonchev–Trinajstić information content (AvgIpc) is 2.84. The number of ether oxygens (including phenoxy) is 1. The Labute approximate surface area is 125 Å². The molecule has 0 aromatic carbocycles. The third-order valence-electron chi connectivity index (χ3n) is 4.89. The molecule has 1 heterocycles. The van der Waals surface area contributed by atoms with Gasteiger partial charge in [-0.05, 0) is 18.8 Å². The second-order valence-corrected chi connectivity index (χ2v) is 6.78. The van der Waals surface area contributed by atoms with Gasteiger partial charge in [0.05, 0.1) is 6.61 Å². The number of hydrogen-bond acceptors (Lipinski definition) is 3. The highest BCUT2D eigenvalue weighted by Gasteiger charge is 2.43. The zero-order valence-electron chi connectivity index (χ0n) is 13.0. The van der Waals surface area contributed by atoms with Crippen LogP contribution in [-0.4, -0.2) is 55.5 Å². The molecule has 1 aliphatic carbocycles. The number of nitrogens with one attached hydrogen (secondary N) is 1. The molecule has 1 atom stereocenters. The minimum absolute atomic E-state index is 0.146. The molecule has 2 fully saturated rings. The van der Waals surface area contributed by atoms with E-state index in [9.17, 15) is 13.2 Å². The molecule has 0 aromatic rings. The van der Waals surface area contributed by atoms with Gasteiger partial charge in [0.25, 0.3) is 0 Å². The molecule has 0 amide bonds. The fourth-order valence-corrected chi connectivity index (χ4v) is 3.59. The zero-order valence-corrected chi connectivity index (χ0v) is 13.0. The van der Waals surface area contributed by atoms with Crippen molar-refractivity contribution in [3.63, 3.8) is 0 Å². The van der Waals surface area contributed by atoms with Crippen LogP contribution in [-0.2, 0) is 4.74 Å². The van der Waals surface area contributed by atoms with E-state index in [0.29, 0.717) is 18.5 Å². The van der Waals surface area contributed by atoms with Gasteiger partial charge in [-0.1, -0.05) is 26.7 Å². The molecule has 1 unspecified atom stereocenters. The van der Waals surface area contributed by atoms with Crippen molar-refractivity contribution in [1.29, 1.82) is 0 Å². The first-order valence-electron chi connectivity index (χ1n) is 7.95. The summed E-state index contributed by atoms with van der Waals surface area (Å²) >= 11 is 0. The minimum Gasteiger partial charge on any atom is -0.371 e. The van der Waals surface area contributed by atoms with E-state index in [1.165, 1.54) is 12.8 Å². The molecule has 0 aromatic heterocycles. The van der Waals surface area contributed by atoms with Gasteiger partial charge < -0.3 is 10.1 Å². The van der Waals surface area contributed by atoms with Crippen LogP contribution in [0.25, 0.3) is 0 Å². The van der Waals surface area contributed by atoms with Crippen molar-refractivity contribution in [1.82, 2.24) is 10.2 Å². The second-order valence-electron chi connectivity index (χ2n) is 6.78. The normalized spacial score (nSPS) is 26.9. The van der Waals surface area contributed by atoms with Gasteiger partial charge in [0, 0.05) is 31.2 Å². The number of rotatable bonds is 5. The van der Waals surface area contributed by atoms with Crippen LogP contribution in [0.1, 0.15) is 39.5 Å². The van der Waals surface area contributed by atoms with Crippen molar-refractivity contribution < 1.29 is 17.9 Å². The molecule has 124 valence electrons. The number of piperazine rings is 1. The van der Waals surface area contributed by atoms with Crippen LogP contribution in [0.5, 0.6) is 0 Å². The molecular weight excluding hydrogens is 281 g/mol. The van der Waals surface area contributed by atoms with Gasteiger partial charge in [0.2, 0.25) is 0 Å². The summed E-state index contributed by atoms with van der Waals surface area (Å²) in [6, 6.07) is 0.416. The van der Waals surface area contributed by atoms with E-state index < -0.39 is 12.8 Å². The first-order chi connectivity index (χ1) is 9.82. The van der Waals surface area contributed by atoms with Gasteiger partial charge in [-0.15, -0.1) is 0 Å². The third kappa shape index (κ3) is 4.57. The molecule has 2 rings (SSSR count). The Hall–Kier alpha value is -0.330. The summed E-state index contributed by atoms with van der Waals surface area (Å²) in [5.74, 6) is 0.530. The van der Waals surface area contributed by atoms with Crippen molar-refractivity contribution >= 4 is 0 Å². The van der Waals surface area contributed by atoms with Crippen molar-refractivity contribution in [3.05, 3.63) is 0 Å². The topological polar surface area (TPSA) is 24.5 Å². The quantitative estimate of drug-likeness (QED) is 0.791. The predicted molar refractivity (Wildman–Crippen MR) is 76.3 cm³/mol. The van der Waals surface area contributed by atoms with Crippen LogP contribution in [0.3, 0.4) is 0 Å². The summed E-state index contributed by atoms with van der Waals surface area (Å²) in [4.78, 5) is 2.39. The van der Waals surface area contributed by atoms with Crippen LogP contribution in [0.4, 0.5) is 13.2 Å². The molecule has 1 aliphatic heterocycles. The number of hydrogen-bond donors (Lipinski definition) is 1. The van der Waals surface area contributed by atoms with Gasteiger partial charge in [-0.3, -0.25) is 4.90 Å². The molecule has 0 radical (unpaired) electrons. The van der Waals surface area contributed by atoms with Gasteiger partial charge >= 0.3 is 6.18 Å². The Morgan fingerprint density at radius 1 is 1.29 bits per heavy atom. The lowest BCUT2D eigenvalue weighted by atomic mass is 9.88. The molecule has 0 bridgehead atoms. The molecule has 1 saturated carbocycles. The monoisotopic (exact) mass is 308 g/mol. The maximum absolute atomic E-state index is 12.1. The first kappa shape index (κ1) is 17.0. The number of alkyl halides is 3. The lowest BCUT2D eigenvalue weighted by molar-refractivity contribution is -0.175. The van der Waals surface area contributed by atoms with Crippen molar-refractivity contribution in [2.24, 2.45) is 5.92 Å². The Morgan fingerprint density at radius 3 is 2.52 bits per heavy atom. The third-order valence-corrected chi connectivity index (χ3v) is 4.89. The second kappa shape index (κ2) is 6.84. The largest absolute Gasteiger partial charge is 0.411 e. The number of halogens is 3. The molecule has 3 nitrogen and oxygen atoms in total. The van der Waals surface area contributed by atoms with Gasteiger partial charge in [0.1, 0.15) is 6.61 Å². The molecule has 6 heteroatoms. The molecule has 1 spiro atoms. The summed E-state index contributed by atoms with van der Waals surface area (Å²) in [5, 5.41) is 3.63. The van der Waals surface area contributed by atoms with E-state index in [1.54, 1.807) is 0 Å². The van der Waals surface area contributed by atoms with Crippen LogP contribution in [0.2, 0.25) is 0 Å². The fraction of sp³-hybridized carbons (Fsp3) is 1.00. The predicted octanol–water partition coefficient (Wildman–Crippen LogP) is 2.81. The standard InChI is InChI=1S/C15H27F3N2O/c1-12(2)13-9-20(7-8-21-11-15(16,17)18)14(10-19-13)5-3-4-6-14/h12-13,19H,3-11H2,1-2H3. The van der Waals surface area contributed by atoms with E-state index in [2.05, 4.69) is 24.1 Å². The molecular formula is C15H27F3N2O. The highest BCUT2D eigenvalue weighted by molar-refractivity contribution is 5.02. The van der Waals surface area contributed by atoms with Crippen LogP contribution in [0, 0.1) is 5.92 Å².